The molecule has 4 aliphatic rings. The number of aromatic nitrogens is 2. The van der Waals surface area contributed by atoms with E-state index in [0.717, 1.165) is 40.4 Å². The first-order chi connectivity index (χ1) is 14.0. The molecular weight excluding hydrogens is 426 g/mol. The third kappa shape index (κ3) is 3.61. The lowest BCUT2D eigenvalue weighted by Crippen LogP contribution is -2.52. The Morgan fingerprint density at radius 2 is 2.03 bits per heavy atom. The number of rotatable bonds is 5. The molecule has 6 rings (SSSR count). The first-order valence-electron chi connectivity index (χ1n) is 10.6. The topological polar surface area (TPSA) is 73.6 Å². The Balaban J connectivity index is 1.34. The molecule has 1 aromatic heterocycles. The molecule has 2 aromatic rings. The minimum Gasteiger partial charge on any atom is -0.368 e. The molecular formula is C23H26BrN5. The van der Waals surface area contributed by atoms with Crippen LogP contribution in [0.3, 0.4) is 0 Å². The number of hydrogen-bond acceptors (Lipinski definition) is 5. The van der Waals surface area contributed by atoms with Crippen molar-refractivity contribution in [3.8, 4) is 6.07 Å². The van der Waals surface area contributed by atoms with Crippen molar-refractivity contribution in [3.63, 3.8) is 0 Å². The van der Waals surface area contributed by atoms with Gasteiger partial charge in [-0.25, -0.2) is 4.98 Å². The average Bonchev–Trinajstić information content (AvgIpc) is 2.70. The molecule has 1 aromatic carbocycles. The summed E-state index contributed by atoms with van der Waals surface area (Å²) in [6.45, 7) is 3.37. The Morgan fingerprint density at radius 1 is 1.24 bits per heavy atom. The van der Waals surface area contributed by atoms with Crippen LogP contribution in [0.4, 0.5) is 17.5 Å². The van der Waals surface area contributed by atoms with Crippen LogP contribution in [0.15, 0.2) is 34.9 Å². The molecule has 0 radical (unpaired) electrons. The fourth-order valence-corrected chi connectivity index (χ4v) is 6.69. The van der Waals surface area contributed by atoms with E-state index >= 15 is 0 Å². The molecule has 150 valence electrons. The number of anilines is 3. The van der Waals surface area contributed by atoms with E-state index in [0.29, 0.717) is 22.7 Å². The third-order valence-corrected chi connectivity index (χ3v) is 7.99. The maximum absolute atomic E-state index is 9.53. The van der Waals surface area contributed by atoms with E-state index in [2.05, 4.69) is 49.5 Å². The molecule has 0 amide bonds. The second kappa shape index (κ2) is 7.28. The highest BCUT2D eigenvalue weighted by Crippen LogP contribution is 2.62. The van der Waals surface area contributed by atoms with E-state index in [-0.39, 0.29) is 0 Å². The van der Waals surface area contributed by atoms with Crippen molar-refractivity contribution in [1.29, 1.82) is 5.26 Å². The van der Waals surface area contributed by atoms with Crippen molar-refractivity contribution in [2.24, 2.45) is 29.1 Å². The Labute approximate surface area is 180 Å². The zero-order valence-electron chi connectivity index (χ0n) is 16.7. The first kappa shape index (κ1) is 18.9. The molecule has 0 saturated heterocycles. The van der Waals surface area contributed by atoms with E-state index < -0.39 is 0 Å². The summed E-state index contributed by atoms with van der Waals surface area (Å²) < 4.78 is 0.991. The Kier molecular flexibility index (Phi) is 4.74. The van der Waals surface area contributed by atoms with Crippen LogP contribution in [0.2, 0.25) is 0 Å². The third-order valence-electron chi connectivity index (χ3n) is 7.49. The Morgan fingerprint density at radius 3 is 2.76 bits per heavy atom. The quantitative estimate of drug-likeness (QED) is 0.606. The summed E-state index contributed by atoms with van der Waals surface area (Å²) in [7, 11) is 0. The maximum atomic E-state index is 9.53. The van der Waals surface area contributed by atoms with Gasteiger partial charge in [0.25, 0.3) is 0 Å². The Hall–Kier alpha value is -2.13. The van der Waals surface area contributed by atoms with Crippen molar-refractivity contribution in [2.75, 3.05) is 17.2 Å². The van der Waals surface area contributed by atoms with Gasteiger partial charge in [-0.3, -0.25) is 0 Å². The standard InChI is InChI=1S/C23H26BrN5/c1-14-16-5-15-6-17(14)10-23(8-15,9-16)13-27-21-18(11-25)12-26-22(29-21)28-20-4-2-3-19(24)7-20/h2-4,7,12,14-17H,5-6,8-10,13H2,1H3,(H2,26,27,28,29)/t14?,15?,16-,17+,23?. The van der Waals surface area contributed by atoms with Crippen molar-refractivity contribution in [1.82, 2.24) is 9.97 Å². The van der Waals surface area contributed by atoms with Gasteiger partial charge in [0.1, 0.15) is 17.5 Å². The molecule has 4 aliphatic carbocycles. The molecule has 2 N–H and O–H groups in total. The number of nitrogens with one attached hydrogen (secondary N) is 2. The minimum absolute atomic E-state index is 0.374. The number of nitrogens with zero attached hydrogens (tertiary/aromatic N) is 3. The van der Waals surface area contributed by atoms with E-state index in [1.165, 1.54) is 32.1 Å². The largest absolute Gasteiger partial charge is 0.368 e. The van der Waals surface area contributed by atoms with Crippen LogP contribution in [-0.4, -0.2) is 16.5 Å². The molecule has 4 fully saturated rings. The zero-order chi connectivity index (χ0) is 20.0. The lowest BCUT2D eigenvalue weighted by molar-refractivity contribution is -0.0822. The summed E-state index contributed by atoms with van der Waals surface area (Å²) in [6.07, 6.45) is 8.44. The molecule has 0 aliphatic heterocycles. The molecule has 4 saturated carbocycles. The van der Waals surface area contributed by atoms with Crippen LogP contribution in [-0.2, 0) is 0 Å². The predicted molar refractivity (Wildman–Crippen MR) is 118 cm³/mol. The normalized spacial score (nSPS) is 32.0. The summed E-state index contributed by atoms with van der Waals surface area (Å²) in [5.41, 5.74) is 1.78. The average molecular weight is 452 g/mol. The van der Waals surface area contributed by atoms with Crippen LogP contribution in [0.1, 0.15) is 44.6 Å². The highest BCUT2D eigenvalue weighted by molar-refractivity contribution is 9.10. The summed E-state index contributed by atoms with van der Waals surface area (Å²) in [4.78, 5) is 8.95. The lowest BCUT2D eigenvalue weighted by atomic mass is 9.46. The van der Waals surface area contributed by atoms with Gasteiger partial charge in [-0.05, 0) is 79.4 Å². The second-order valence-corrected chi connectivity index (χ2v) is 10.3. The monoisotopic (exact) mass is 451 g/mol. The number of halogens is 1. The summed E-state index contributed by atoms with van der Waals surface area (Å²) in [5, 5.41) is 16.3. The lowest BCUT2D eigenvalue weighted by Gasteiger charge is -2.59. The van der Waals surface area contributed by atoms with E-state index in [4.69, 9.17) is 0 Å². The Bertz CT molecular complexity index is 952. The van der Waals surface area contributed by atoms with Crippen molar-refractivity contribution in [3.05, 3.63) is 40.5 Å². The van der Waals surface area contributed by atoms with Gasteiger partial charge < -0.3 is 10.6 Å². The van der Waals surface area contributed by atoms with Gasteiger partial charge in [0, 0.05) is 16.7 Å². The molecule has 1 heterocycles. The molecule has 6 heteroatoms. The van der Waals surface area contributed by atoms with Crippen LogP contribution in [0, 0.1) is 40.4 Å². The van der Waals surface area contributed by atoms with E-state index in [1.807, 2.05) is 24.3 Å². The van der Waals surface area contributed by atoms with Gasteiger partial charge in [-0.2, -0.15) is 10.2 Å². The fraction of sp³-hybridized carbons (Fsp3) is 0.522. The minimum atomic E-state index is 0.374. The van der Waals surface area contributed by atoms with E-state index in [1.54, 1.807) is 6.20 Å². The smallest absolute Gasteiger partial charge is 0.229 e. The summed E-state index contributed by atoms with van der Waals surface area (Å²) in [5.74, 6) is 4.71. The highest BCUT2D eigenvalue weighted by atomic mass is 79.9. The molecule has 4 bridgehead atoms. The highest BCUT2D eigenvalue weighted by Gasteiger charge is 2.53. The SMILES string of the molecule is CC1[C@@H]2CC3C[C@H]1CC(CNc1nc(Nc4cccc(Br)c4)ncc1C#N)(C3)C2. The second-order valence-electron chi connectivity index (χ2n) is 9.39. The van der Waals surface area contributed by atoms with Gasteiger partial charge in [0.15, 0.2) is 0 Å². The number of hydrogen-bond donors (Lipinski definition) is 2. The molecule has 29 heavy (non-hydrogen) atoms. The van der Waals surface area contributed by atoms with Gasteiger partial charge >= 0.3 is 0 Å². The van der Waals surface area contributed by atoms with Crippen molar-refractivity contribution >= 4 is 33.4 Å². The zero-order valence-corrected chi connectivity index (χ0v) is 18.2. The van der Waals surface area contributed by atoms with Crippen molar-refractivity contribution in [2.45, 2.75) is 39.0 Å². The maximum Gasteiger partial charge on any atom is 0.229 e. The first-order valence-corrected chi connectivity index (χ1v) is 11.4. The van der Waals surface area contributed by atoms with E-state index in [9.17, 15) is 5.26 Å². The predicted octanol–water partition coefficient (Wildman–Crippen LogP) is 5.73. The van der Waals surface area contributed by atoms with Crippen molar-refractivity contribution < 1.29 is 0 Å². The molecule has 3 unspecified atom stereocenters. The van der Waals surface area contributed by atoms with Gasteiger partial charge in [0.2, 0.25) is 5.95 Å². The summed E-state index contributed by atoms with van der Waals surface area (Å²) >= 11 is 3.48. The number of nitriles is 1. The molecule has 5 nitrogen and oxygen atoms in total. The fourth-order valence-electron chi connectivity index (χ4n) is 6.29. The molecule has 5 atom stereocenters. The van der Waals surface area contributed by atoms with Crippen LogP contribution < -0.4 is 10.6 Å². The summed E-state index contributed by atoms with van der Waals surface area (Å²) in [6, 6.07) is 10.1. The van der Waals surface area contributed by atoms with Crippen LogP contribution in [0.25, 0.3) is 0 Å². The van der Waals surface area contributed by atoms with Gasteiger partial charge in [0.05, 0.1) is 6.20 Å². The number of benzene rings is 1. The van der Waals surface area contributed by atoms with Gasteiger partial charge in [-0.15, -0.1) is 0 Å². The van der Waals surface area contributed by atoms with Gasteiger partial charge in [-0.1, -0.05) is 28.9 Å². The molecule has 0 spiro atoms. The van der Waals surface area contributed by atoms with Crippen LogP contribution >= 0.6 is 15.9 Å². The van der Waals surface area contributed by atoms with Crippen LogP contribution in [0.5, 0.6) is 0 Å².